The molecule has 6 nitrogen and oxygen atoms in total. The number of hydrogen-bond acceptors (Lipinski definition) is 6. The zero-order chi connectivity index (χ0) is 41.0. The van der Waals surface area contributed by atoms with Crippen LogP contribution in [0.15, 0.2) is 0 Å². The second-order valence-corrected chi connectivity index (χ2v) is 17.6. The molecule has 0 aliphatic rings. The lowest BCUT2D eigenvalue weighted by Gasteiger charge is -2.18. The van der Waals surface area contributed by atoms with E-state index in [0.717, 1.165) is 70.1 Å². The van der Waals surface area contributed by atoms with E-state index in [1.54, 1.807) is 0 Å². The van der Waals surface area contributed by atoms with Crippen molar-refractivity contribution < 1.29 is 28.6 Å². The maximum atomic E-state index is 12.6. The van der Waals surface area contributed by atoms with Crippen LogP contribution in [-0.4, -0.2) is 37.2 Å². The summed E-state index contributed by atoms with van der Waals surface area (Å²) >= 11 is 0. The Morgan fingerprint density at radius 3 is 0.875 bits per heavy atom. The van der Waals surface area contributed by atoms with Gasteiger partial charge in [-0.05, 0) is 25.2 Å². The van der Waals surface area contributed by atoms with Gasteiger partial charge in [0.1, 0.15) is 13.2 Å². The summed E-state index contributed by atoms with van der Waals surface area (Å²) in [4.78, 5) is 37.6. The molecule has 332 valence electrons. The summed E-state index contributed by atoms with van der Waals surface area (Å²) in [5, 5.41) is 0. The van der Waals surface area contributed by atoms with Crippen LogP contribution in [-0.2, 0) is 28.6 Å². The molecule has 0 fully saturated rings. The van der Waals surface area contributed by atoms with Crippen molar-refractivity contribution in [2.45, 2.75) is 284 Å². The van der Waals surface area contributed by atoms with E-state index in [9.17, 15) is 14.4 Å². The van der Waals surface area contributed by atoms with E-state index >= 15 is 0 Å². The zero-order valence-electron chi connectivity index (χ0n) is 38.1. The Morgan fingerprint density at radius 2 is 0.589 bits per heavy atom. The van der Waals surface area contributed by atoms with E-state index in [1.165, 1.54) is 167 Å². The molecule has 0 aliphatic carbocycles. The van der Waals surface area contributed by atoms with Gasteiger partial charge in [0.2, 0.25) is 0 Å². The van der Waals surface area contributed by atoms with Crippen LogP contribution in [0.3, 0.4) is 0 Å². The third-order valence-electron chi connectivity index (χ3n) is 11.3. The predicted molar refractivity (Wildman–Crippen MR) is 238 cm³/mol. The molecule has 0 aromatic carbocycles. The Balaban J connectivity index is 4.07. The topological polar surface area (TPSA) is 78.9 Å². The van der Waals surface area contributed by atoms with E-state index < -0.39 is 6.10 Å². The van der Waals surface area contributed by atoms with E-state index in [0.29, 0.717) is 19.3 Å². The second kappa shape index (κ2) is 44.5. The highest BCUT2D eigenvalue weighted by molar-refractivity contribution is 5.71. The van der Waals surface area contributed by atoms with Gasteiger partial charge in [-0.15, -0.1) is 0 Å². The molecule has 1 atom stereocenters. The number of rotatable bonds is 45. The average Bonchev–Trinajstić information content (AvgIpc) is 3.18. The van der Waals surface area contributed by atoms with Gasteiger partial charge in [-0.3, -0.25) is 14.4 Å². The van der Waals surface area contributed by atoms with Gasteiger partial charge in [0.25, 0.3) is 0 Å². The quantitative estimate of drug-likeness (QED) is 0.0347. The third-order valence-corrected chi connectivity index (χ3v) is 11.3. The third kappa shape index (κ3) is 43.5. The van der Waals surface area contributed by atoms with E-state index in [1.807, 2.05) is 0 Å². The van der Waals surface area contributed by atoms with Crippen molar-refractivity contribution in [3.05, 3.63) is 0 Å². The fourth-order valence-electron chi connectivity index (χ4n) is 7.51. The number of carbonyl (C=O) groups excluding carboxylic acids is 3. The van der Waals surface area contributed by atoms with Gasteiger partial charge in [-0.1, -0.05) is 240 Å². The maximum absolute atomic E-state index is 12.6. The first-order valence-corrected chi connectivity index (χ1v) is 24.9. The average molecular weight is 793 g/mol. The first kappa shape index (κ1) is 54.4. The van der Waals surface area contributed by atoms with E-state index in [-0.39, 0.29) is 31.1 Å². The second-order valence-electron chi connectivity index (χ2n) is 17.6. The smallest absolute Gasteiger partial charge is 0.306 e. The van der Waals surface area contributed by atoms with Gasteiger partial charge in [0, 0.05) is 19.3 Å². The molecule has 0 rings (SSSR count). The lowest BCUT2D eigenvalue weighted by molar-refractivity contribution is -0.167. The molecule has 0 N–H and O–H groups in total. The standard InChI is InChI=1S/C50H96O6/c1-5-7-9-11-12-13-14-15-16-17-21-24-27-30-34-37-41-48(51)54-44-47(56-50(53)43-39-32-10-8-6-2)45-55-49(52)42-38-35-31-28-25-22-19-18-20-23-26-29-33-36-40-46(3)4/h46-47H,5-45H2,1-4H3/t47-/m1/s1. The fourth-order valence-corrected chi connectivity index (χ4v) is 7.51. The van der Waals surface area contributed by atoms with Crippen LogP contribution < -0.4 is 0 Å². The van der Waals surface area contributed by atoms with Gasteiger partial charge >= 0.3 is 17.9 Å². The van der Waals surface area contributed by atoms with Crippen LogP contribution in [0.2, 0.25) is 0 Å². The first-order valence-electron chi connectivity index (χ1n) is 24.9. The van der Waals surface area contributed by atoms with Gasteiger partial charge in [0.05, 0.1) is 0 Å². The van der Waals surface area contributed by atoms with Crippen molar-refractivity contribution >= 4 is 17.9 Å². The molecule has 56 heavy (non-hydrogen) atoms. The highest BCUT2D eigenvalue weighted by atomic mass is 16.6. The summed E-state index contributed by atoms with van der Waals surface area (Å²) in [6.45, 7) is 8.95. The van der Waals surface area contributed by atoms with Gasteiger partial charge in [-0.2, -0.15) is 0 Å². The van der Waals surface area contributed by atoms with Crippen LogP contribution >= 0.6 is 0 Å². The van der Waals surface area contributed by atoms with E-state index in [2.05, 4.69) is 27.7 Å². The molecule has 0 saturated carbocycles. The van der Waals surface area contributed by atoms with Crippen molar-refractivity contribution in [2.75, 3.05) is 13.2 Å². The van der Waals surface area contributed by atoms with Crippen LogP contribution in [0, 0.1) is 5.92 Å². The predicted octanol–water partition coefficient (Wildman–Crippen LogP) is 15.9. The van der Waals surface area contributed by atoms with Gasteiger partial charge < -0.3 is 14.2 Å². The van der Waals surface area contributed by atoms with Crippen molar-refractivity contribution in [2.24, 2.45) is 5.92 Å². The summed E-state index contributed by atoms with van der Waals surface area (Å²) in [5.41, 5.74) is 0. The Hall–Kier alpha value is -1.59. The van der Waals surface area contributed by atoms with Crippen LogP contribution in [0.4, 0.5) is 0 Å². The van der Waals surface area contributed by atoms with E-state index in [4.69, 9.17) is 14.2 Å². The van der Waals surface area contributed by atoms with Crippen LogP contribution in [0.25, 0.3) is 0 Å². The fraction of sp³-hybridized carbons (Fsp3) is 0.940. The van der Waals surface area contributed by atoms with Crippen LogP contribution in [0.1, 0.15) is 278 Å². The number of hydrogen-bond donors (Lipinski definition) is 0. The minimum atomic E-state index is -0.758. The minimum absolute atomic E-state index is 0.0645. The number of ether oxygens (including phenoxy) is 3. The first-order chi connectivity index (χ1) is 27.4. The van der Waals surface area contributed by atoms with Gasteiger partial charge in [-0.25, -0.2) is 0 Å². The molecule has 6 heteroatoms. The highest BCUT2D eigenvalue weighted by Gasteiger charge is 2.19. The molecule has 0 aliphatic heterocycles. The zero-order valence-corrected chi connectivity index (χ0v) is 38.1. The summed E-state index contributed by atoms with van der Waals surface area (Å²) in [6.07, 6.45) is 45.5. The van der Waals surface area contributed by atoms with Crippen molar-refractivity contribution in [1.29, 1.82) is 0 Å². The molecule has 0 radical (unpaired) electrons. The lowest BCUT2D eigenvalue weighted by Crippen LogP contribution is -2.30. The molecule has 0 unspecified atom stereocenters. The summed E-state index contributed by atoms with van der Waals surface area (Å²) < 4.78 is 16.7. The normalized spacial score (nSPS) is 11.9. The maximum Gasteiger partial charge on any atom is 0.306 e. The highest BCUT2D eigenvalue weighted by Crippen LogP contribution is 2.17. The molecule has 0 heterocycles. The molecular weight excluding hydrogens is 697 g/mol. The van der Waals surface area contributed by atoms with Crippen molar-refractivity contribution in [3.63, 3.8) is 0 Å². The monoisotopic (exact) mass is 793 g/mol. The molecule has 0 aromatic heterocycles. The molecule has 0 spiro atoms. The van der Waals surface area contributed by atoms with Crippen LogP contribution in [0.5, 0.6) is 0 Å². The number of carbonyl (C=O) groups is 3. The van der Waals surface area contributed by atoms with Gasteiger partial charge in [0.15, 0.2) is 6.10 Å². The molecule has 0 aromatic rings. The minimum Gasteiger partial charge on any atom is -0.462 e. The molecule has 0 saturated heterocycles. The summed E-state index contributed by atoms with van der Waals surface area (Å²) in [6, 6.07) is 0. The Morgan fingerprint density at radius 1 is 0.339 bits per heavy atom. The van der Waals surface area contributed by atoms with Crippen molar-refractivity contribution in [1.82, 2.24) is 0 Å². The largest absolute Gasteiger partial charge is 0.462 e. The Bertz CT molecular complexity index is 841. The Labute approximate surface area is 348 Å². The summed E-state index contributed by atoms with van der Waals surface area (Å²) in [5.74, 6) is -0.0174. The summed E-state index contributed by atoms with van der Waals surface area (Å²) in [7, 11) is 0. The molecule has 0 bridgehead atoms. The molecule has 0 amide bonds. The SMILES string of the molecule is CCCCCCCCCCCCCCCCCCC(=O)OC[C@H](COC(=O)CCCCCCCCCCCCCCCCC(C)C)OC(=O)CCCCCCC. The number of esters is 3. The molecular formula is C50H96O6. The lowest BCUT2D eigenvalue weighted by atomic mass is 10.0. The number of unbranched alkanes of at least 4 members (excludes halogenated alkanes) is 32. The van der Waals surface area contributed by atoms with Crippen molar-refractivity contribution in [3.8, 4) is 0 Å². The Kier molecular flexibility index (Phi) is 43.2.